The molecule has 1 saturated heterocycles. The number of nitrogens with one attached hydrogen (secondary N) is 2. The van der Waals surface area contributed by atoms with E-state index in [9.17, 15) is 18.0 Å². The number of para-hydroxylation sites is 1. The van der Waals surface area contributed by atoms with E-state index < -0.39 is 9.84 Å². The van der Waals surface area contributed by atoms with Crippen LogP contribution in [0.5, 0.6) is 0 Å². The van der Waals surface area contributed by atoms with Gasteiger partial charge >= 0.3 is 0 Å². The third kappa shape index (κ3) is 4.84. The molecule has 1 aromatic rings. The van der Waals surface area contributed by atoms with Gasteiger partial charge in [-0.15, -0.1) is 0 Å². The van der Waals surface area contributed by atoms with Crippen LogP contribution in [0.25, 0.3) is 0 Å². The Bertz CT molecular complexity index is 818. The van der Waals surface area contributed by atoms with Crippen molar-refractivity contribution in [2.45, 2.75) is 50.6 Å². The number of amides is 2. The Morgan fingerprint density at radius 2 is 1.79 bits per heavy atom. The molecule has 2 aliphatic rings. The van der Waals surface area contributed by atoms with Gasteiger partial charge in [0.2, 0.25) is 5.91 Å². The second-order valence-corrected chi connectivity index (χ2v) is 9.86. The maximum Gasteiger partial charge on any atom is 0.253 e. The van der Waals surface area contributed by atoms with Crippen molar-refractivity contribution in [1.82, 2.24) is 10.2 Å². The molecule has 1 heterocycles. The first-order valence-corrected chi connectivity index (χ1v) is 11.8. The molecule has 0 aromatic heterocycles. The van der Waals surface area contributed by atoms with Gasteiger partial charge < -0.3 is 15.5 Å². The first-order chi connectivity index (χ1) is 13.4. The van der Waals surface area contributed by atoms with E-state index in [1.165, 1.54) is 6.42 Å². The normalized spacial score (nSPS) is 21.8. The summed E-state index contributed by atoms with van der Waals surface area (Å²) in [4.78, 5) is 27.0. The molecule has 1 unspecified atom stereocenters. The van der Waals surface area contributed by atoms with E-state index in [1.807, 2.05) is 11.0 Å². The van der Waals surface area contributed by atoms with Crippen LogP contribution >= 0.6 is 0 Å². The van der Waals surface area contributed by atoms with Crippen molar-refractivity contribution < 1.29 is 18.0 Å². The van der Waals surface area contributed by atoms with Gasteiger partial charge in [-0.2, -0.15) is 0 Å². The van der Waals surface area contributed by atoms with E-state index in [0.717, 1.165) is 25.7 Å². The zero-order chi connectivity index (χ0) is 20.1. The van der Waals surface area contributed by atoms with E-state index in [0.29, 0.717) is 17.7 Å². The van der Waals surface area contributed by atoms with Crippen molar-refractivity contribution in [2.24, 2.45) is 0 Å². The number of benzene rings is 1. The van der Waals surface area contributed by atoms with Crippen LogP contribution in [0.4, 0.5) is 5.69 Å². The lowest BCUT2D eigenvalue weighted by Crippen LogP contribution is -2.50. The zero-order valence-corrected chi connectivity index (χ0v) is 17.1. The summed E-state index contributed by atoms with van der Waals surface area (Å²) in [5, 5.41) is 5.69. The molecule has 0 spiro atoms. The van der Waals surface area contributed by atoms with Gasteiger partial charge in [-0.1, -0.05) is 31.4 Å². The highest BCUT2D eigenvalue weighted by Gasteiger charge is 2.38. The summed E-state index contributed by atoms with van der Waals surface area (Å²) in [5.74, 6) is -0.104. The molecule has 0 bridgehead atoms. The average molecular weight is 408 g/mol. The van der Waals surface area contributed by atoms with Crippen molar-refractivity contribution in [3.05, 3.63) is 29.8 Å². The van der Waals surface area contributed by atoms with Crippen LogP contribution in [0.2, 0.25) is 0 Å². The second kappa shape index (κ2) is 8.94. The van der Waals surface area contributed by atoms with Crippen LogP contribution in [0.3, 0.4) is 0 Å². The highest BCUT2D eigenvalue weighted by Crippen LogP contribution is 2.28. The van der Waals surface area contributed by atoms with Crippen LogP contribution in [0.1, 0.15) is 48.9 Å². The van der Waals surface area contributed by atoms with Crippen LogP contribution < -0.4 is 10.6 Å². The largest absolute Gasteiger partial charge is 0.376 e. The lowest BCUT2D eigenvalue weighted by atomic mass is 9.93. The van der Waals surface area contributed by atoms with E-state index >= 15 is 0 Å². The van der Waals surface area contributed by atoms with E-state index in [1.54, 1.807) is 25.2 Å². The van der Waals surface area contributed by atoms with Gasteiger partial charge in [0.25, 0.3) is 5.91 Å². The van der Waals surface area contributed by atoms with Gasteiger partial charge in [-0.05, 0) is 31.4 Å². The van der Waals surface area contributed by atoms with E-state index in [-0.39, 0.29) is 41.9 Å². The lowest BCUT2D eigenvalue weighted by molar-refractivity contribution is -0.134. The first kappa shape index (κ1) is 20.6. The first-order valence-electron chi connectivity index (χ1n) is 9.98. The molecule has 8 heteroatoms. The summed E-state index contributed by atoms with van der Waals surface area (Å²) in [6, 6.07) is 6.92. The molecule has 1 aliphatic carbocycles. The summed E-state index contributed by atoms with van der Waals surface area (Å²) in [6.07, 6.45) is 5.68. The lowest BCUT2D eigenvalue weighted by Gasteiger charge is -2.38. The predicted octanol–water partition coefficient (Wildman–Crippen LogP) is 1.81. The fourth-order valence-corrected chi connectivity index (χ4v) is 6.00. The minimum atomic E-state index is -3.07. The van der Waals surface area contributed by atoms with Gasteiger partial charge in [-0.3, -0.25) is 9.59 Å². The smallest absolute Gasteiger partial charge is 0.253 e. The van der Waals surface area contributed by atoms with Gasteiger partial charge in [-0.25, -0.2) is 8.42 Å². The number of hydrogen-bond acceptors (Lipinski definition) is 5. The Balaban J connectivity index is 1.74. The van der Waals surface area contributed by atoms with Crippen LogP contribution in [-0.2, 0) is 14.6 Å². The summed E-state index contributed by atoms with van der Waals surface area (Å²) < 4.78 is 24.0. The molecular weight excluding hydrogens is 378 g/mol. The van der Waals surface area contributed by atoms with Crippen molar-refractivity contribution >= 4 is 27.3 Å². The molecule has 1 saturated carbocycles. The summed E-state index contributed by atoms with van der Waals surface area (Å²) in [6.45, 7) is 0.0427. The molecule has 2 amide bonds. The van der Waals surface area contributed by atoms with Crippen LogP contribution in [0.15, 0.2) is 24.3 Å². The van der Waals surface area contributed by atoms with Crippen molar-refractivity contribution in [2.75, 3.05) is 30.4 Å². The average Bonchev–Trinajstić information content (AvgIpc) is 3.06. The number of anilines is 1. The molecule has 0 radical (unpaired) electrons. The molecule has 28 heavy (non-hydrogen) atoms. The molecule has 154 valence electrons. The van der Waals surface area contributed by atoms with Crippen molar-refractivity contribution in [1.29, 1.82) is 0 Å². The third-order valence-corrected chi connectivity index (χ3v) is 7.44. The molecular formula is C20H29N3O4S. The Kier molecular flexibility index (Phi) is 6.59. The molecule has 1 atom stereocenters. The summed E-state index contributed by atoms with van der Waals surface area (Å²) in [7, 11) is -1.50. The number of hydrogen-bond donors (Lipinski definition) is 2. The number of nitrogens with zero attached hydrogens (tertiary/aromatic N) is 1. The monoisotopic (exact) mass is 407 g/mol. The van der Waals surface area contributed by atoms with Gasteiger partial charge in [0.15, 0.2) is 9.84 Å². The maximum absolute atomic E-state index is 13.1. The minimum Gasteiger partial charge on any atom is -0.376 e. The van der Waals surface area contributed by atoms with Crippen molar-refractivity contribution in [3.8, 4) is 0 Å². The fraction of sp³-hybridized carbons (Fsp3) is 0.600. The molecule has 1 aromatic carbocycles. The van der Waals surface area contributed by atoms with E-state index in [4.69, 9.17) is 0 Å². The maximum atomic E-state index is 13.1. The number of carbonyl (C=O) groups is 2. The van der Waals surface area contributed by atoms with E-state index in [2.05, 4.69) is 10.6 Å². The molecule has 2 fully saturated rings. The molecule has 3 rings (SSSR count). The quantitative estimate of drug-likeness (QED) is 0.750. The predicted molar refractivity (Wildman–Crippen MR) is 109 cm³/mol. The Morgan fingerprint density at radius 1 is 1.07 bits per heavy atom. The van der Waals surface area contributed by atoms with Gasteiger partial charge in [0.05, 0.1) is 23.6 Å². The van der Waals surface area contributed by atoms with Gasteiger partial charge in [0.1, 0.15) is 0 Å². The molecule has 7 nitrogen and oxygen atoms in total. The Morgan fingerprint density at radius 3 is 2.43 bits per heavy atom. The summed E-state index contributed by atoms with van der Waals surface area (Å²) >= 11 is 0. The van der Waals surface area contributed by atoms with Crippen LogP contribution in [0, 0.1) is 0 Å². The number of rotatable bonds is 6. The van der Waals surface area contributed by atoms with Crippen LogP contribution in [-0.4, -0.2) is 62.3 Å². The number of sulfone groups is 1. The topological polar surface area (TPSA) is 95.6 Å². The fourth-order valence-electron chi connectivity index (χ4n) is 4.29. The second-order valence-electron chi connectivity index (χ2n) is 7.63. The van der Waals surface area contributed by atoms with Gasteiger partial charge in [0, 0.05) is 24.8 Å². The number of carbonyl (C=O) groups excluding carboxylic acids is 2. The SMILES string of the molecule is CNC(=O)c1ccccc1NCC(=O)N(C1CCCCC1)C1CCS(=O)(=O)C1. The standard InChI is InChI=1S/C20H29N3O4S/c1-21-20(25)17-9-5-6-10-18(17)22-13-19(24)23(15-7-3-2-4-8-15)16-11-12-28(26,27)14-16/h5-6,9-10,15-16,22H,2-4,7-8,11-14H2,1H3,(H,21,25). The highest BCUT2D eigenvalue weighted by molar-refractivity contribution is 7.91. The summed E-state index contributed by atoms with van der Waals surface area (Å²) in [5.41, 5.74) is 1.07. The zero-order valence-electron chi connectivity index (χ0n) is 16.3. The van der Waals surface area contributed by atoms with Crippen molar-refractivity contribution in [3.63, 3.8) is 0 Å². The molecule has 2 N–H and O–H groups in total. The highest BCUT2D eigenvalue weighted by atomic mass is 32.2. The minimum absolute atomic E-state index is 0.0427. The Hall–Kier alpha value is -2.09. The Labute approximate surface area is 166 Å². The third-order valence-electron chi connectivity index (χ3n) is 5.69. The molecule has 1 aliphatic heterocycles.